The van der Waals surface area contributed by atoms with Crippen molar-refractivity contribution in [2.24, 2.45) is 0 Å². The second kappa shape index (κ2) is 12.2. The van der Waals surface area contributed by atoms with E-state index in [1.807, 2.05) is 57.3 Å². The summed E-state index contributed by atoms with van der Waals surface area (Å²) in [6.45, 7) is 5.22. The van der Waals surface area contributed by atoms with E-state index in [2.05, 4.69) is 21.2 Å². The van der Waals surface area contributed by atoms with Gasteiger partial charge in [0, 0.05) is 53.9 Å². The number of rotatable bonds is 6. The second-order valence-corrected chi connectivity index (χ2v) is 12.8. The van der Waals surface area contributed by atoms with Crippen LogP contribution in [0.5, 0.6) is 28.7 Å². The Morgan fingerprint density at radius 3 is 2.56 bits per heavy atom. The van der Waals surface area contributed by atoms with Gasteiger partial charge in [-0.1, -0.05) is 36.4 Å². The molecule has 3 aromatic rings. The molecule has 1 fully saturated rings. The van der Waals surface area contributed by atoms with Crippen LogP contribution in [0.15, 0.2) is 42.5 Å². The maximum absolute atomic E-state index is 13.3. The Bertz CT molecular complexity index is 1890. The normalized spacial score (nSPS) is 23.9. The zero-order valence-electron chi connectivity index (χ0n) is 27.6. The Kier molecular flexibility index (Phi) is 8.01. The highest BCUT2D eigenvalue weighted by Gasteiger charge is 2.56. The number of likely N-dealkylation sites (N-methyl/N-ethyl adjacent to an activating group) is 1. The number of amides is 1. The summed E-state index contributed by atoms with van der Waals surface area (Å²) >= 11 is 0. The van der Waals surface area contributed by atoms with Crippen LogP contribution in [0.1, 0.15) is 58.0 Å². The maximum atomic E-state index is 13.3. The van der Waals surface area contributed by atoms with Crippen molar-refractivity contribution in [1.29, 1.82) is 5.26 Å². The number of esters is 1. The van der Waals surface area contributed by atoms with Crippen LogP contribution in [0.4, 0.5) is 0 Å². The molecule has 2 unspecified atom stereocenters. The van der Waals surface area contributed by atoms with Crippen molar-refractivity contribution in [2.75, 3.05) is 27.5 Å². The van der Waals surface area contributed by atoms with E-state index in [1.165, 1.54) is 13.0 Å². The molecule has 5 atom stereocenters. The standard InChI is InChI=1S/C37H38N4O7/c1-19-13-23-14-25-27(16-38)41-26(32(40(25)4)30(23)33(44)34(19)45-5)15-24-31(37-36(46-18-47-37)20(2)35(24)48-21(3)42)28(41)17-39-29(43)12-11-22-9-7-6-8-10-22/h6-13,25-28,32,44H,14-15,17-18H2,1-5H3,(H,39,43)/b12-11+/t25-,26?,27-,28-,32?/m0/s1. The number of carbonyl (C=O) groups is 2. The van der Waals surface area contributed by atoms with Crippen LogP contribution in [0, 0.1) is 25.2 Å². The fourth-order valence-electron chi connectivity index (χ4n) is 8.30. The smallest absolute Gasteiger partial charge is 0.308 e. The minimum Gasteiger partial charge on any atom is -0.504 e. The van der Waals surface area contributed by atoms with Crippen LogP contribution >= 0.6 is 0 Å². The van der Waals surface area contributed by atoms with Gasteiger partial charge < -0.3 is 29.4 Å². The Balaban J connectivity index is 1.39. The van der Waals surface area contributed by atoms with Gasteiger partial charge in [-0.2, -0.15) is 5.26 Å². The van der Waals surface area contributed by atoms with E-state index >= 15 is 0 Å². The van der Waals surface area contributed by atoms with Crippen molar-refractivity contribution < 1.29 is 33.6 Å². The summed E-state index contributed by atoms with van der Waals surface area (Å²) in [6, 6.07) is 12.1. The van der Waals surface area contributed by atoms with Gasteiger partial charge in [-0.15, -0.1) is 0 Å². The number of piperazine rings is 1. The van der Waals surface area contributed by atoms with Crippen molar-refractivity contribution in [1.82, 2.24) is 15.1 Å². The number of nitriles is 1. The summed E-state index contributed by atoms with van der Waals surface area (Å²) in [4.78, 5) is 30.1. The molecule has 0 saturated carbocycles. The third-order valence-corrected chi connectivity index (χ3v) is 10.2. The van der Waals surface area contributed by atoms with E-state index < -0.39 is 18.1 Å². The summed E-state index contributed by atoms with van der Waals surface area (Å²) < 4.78 is 23.5. The van der Waals surface area contributed by atoms with Crippen molar-refractivity contribution in [3.05, 3.63) is 81.4 Å². The topological polar surface area (TPSA) is 134 Å². The first-order valence-electron chi connectivity index (χ1n) is 16.1. The highest BCUT2D eigenvalue weighted by Crippen LogP contribution is 2.58. The summed E-state index contributed by atoms with van der Waals surface area (Å²) in [7, 11) is 3.53. The number of nitrogens with one attached hydrogen (secondary N) is 1. The number of methoxy groups -OCH3 is 1. The highest BCUT2D eigenvalue weighted by atomic mass is 16.7. The van der Waals surface area contributed by atoms with Crippen LogP contribution in [-0.2, 0) is 22.4 Å². The molecular formula is C37H38N4O7. The molecule has 11 nitrogen and oxygen atoms in total. The largest absolute Gasteiger partial charge is 0.504 e. The lowest BCUT2D eigenvalue weighted by Crippen LogP contribution is -2.68. The molecule has 3 aromatic carbocycles. The fourth-order valence-corrected chi connectivity index (χ4v) is 8.30. The summed E-state index contributed by atoms with van der Waals surface area (Å²) in [6.07, 6.45) is 4.15. The van der Waals surface area contributed by atoms with Gasteiger partial charge in [-0.05, 0) is 56.5 Å². The molecule has 0 aromatic heterocycles. The van der Waals surface area contributed by atoms with Gasteiger partial charge in [0.05, 0.1) is 25.3 Å². The van der Waals surface area contributed by atoms with Crippen LogP contribution in [0.25, 0.3) is 6.08 Å². The highest BCUT2D eigenvalue weighted by molar-refractivity contribution is 5.91. The van der Waals surface area contributed by atoms with Gasteiger partial charge in [0.15, 0.2) is 23.0 Å². The van der Waals surface area contributed by atoms with Gasteiger partial charge >= 0.3 is 5.97 Å². The number of fused-ring (bicyclic) bond motifs is 9. The monoisotopic (exact) mass is 650 g/mol. The number of ether oxygens (including phenoxy) is 4. The molecule has 11 heteroatoms. The van der Waals surface area contributed by atoms with Gasteiger partial charge in [-0.25, -0.2) is 0 Å². The minimum absolute atomic E-state index is 0.00941. The quantitative estimate of drug-likeness (QED) is 0.226. The van der Waals surface area contributed by atoms with Crippen LogP contribution in [0.2, 0.25) is 0 Å². The first-order valence-corrected chi connectivity index (χ1v) is 16.1. The molecular weight excluding hydrogens is 612 g/mol. The molecule has 248 valence electrons. The molecule has 1 amide bonds. The molecule has 1 saturated heterocycles. The van der Waals surface area contributed by atoms with E-state index in [4.69, 9.17) is 18.9 Å². The Morgan fingerprint density at radius 1 is 1.10 bits per heavy atom. The molecule has 7 rings (SSSR count). The van der Waals surface area contributed by atoms with Crippen molar-refractivity contribution in [3.8, 4) is 34.8 Å². The summed E-state index contributed by atoms with van der Waals surface area (Å²) in [5.41, 5.74) is 5.56. The lowest BCUT2D eigenvalue weighted by atomic mass is 9.71. The third-order valence-electron chi connectivity index (χ3n) is 10.2. The first kappa shape index (κ1) is 31.5. The average Bonchev–Trinajstić information content (AvgIpc) is 3.56. The average molecular weight is 651 g/mol. The Hall–Kier alpha value is -5.05. The zero-order valence-corrected chi connectivity index (χ0v) is 27.6. The third kappa shape index (κ3) is 4.95. The van der Waals surface area contributed by atoms with Gasteiger partial charge in [-0.3, -0.25) is 19.4 Å². The molecule has 4 heterocycles. The van der Waals surface area contributed by atoms with Crippen molar-refractivity contribution in [3.63, 3.8) is 0 Å². The van der Waals surface area contributed by atoms with Crippen molar-refractivity contribution >= 4 is 18.0 Å². The van der Waals surface area contributed by atoms with E-state index in [0.29, 0.717) is 41.4 Å². The van der Waals surface area contributed by atoms with Crippen LogP contribution < -0.4 is 24.3 Å². The Labute approximate surface area is 279 Å². The molecule has 0 radical (unpaired) electrons. The van der Waals surface area contributed by atoms with E-state index in [0.717, 1.165) is 33.4 Å². The van der Waals surface area contributed by atoms with Crippen molar-refractivity contribution in [2.45, 2.75) is 63.8 Å². The zero-order chi connectivity index (χ0) is 33.9. The van der Waals surface area contributed by atoms with E-state index in [1.54, 1.807) is 13.2 Å². The number of phenolic OH excluding ortho intramolecular Hbond substituents is 1. The van der Waals surface area contributed by atoms with E-state index in [9.17, 15) is 20.0 Å². The molecule has 48 heavy (non-hydrogen) atoms. The molecule has 0 aliphatic carbocycles. The number of aromatic hydroxyl groups is 1. The number of nitrogens with zero attached hydrogens (tertiary/aromatic N) is 3. The molecule has 2 N–H and O–H groups in total. The number of hydrogen-bond donors (Lipinski definition) is 2. The van der Waals surface area contributed by atoms with Gasteiger partial charge in [0.2, 0.25) is 12.7 Å². The molecule has 4 aliphatic heterocycles. The predicted octanol–water partition coefficient (Wildman–Crippen LogP) is 4.27. The lowest BCUT2D eigenvalue weighted by Gasteiger charge is -2.60. The number of carbonyl (C=O) groups excluding carboxylic acids is 2. The van der Waals surface area contributed by atoms with Gasteiger partial charge in [0.1, 0.15) is 11.8 Å². The summed E-state index contributed by atoms with van der Waals surface area (Å²) in [5.74, 6) is 1.12. The predicted molar refractivity (Wildman–Crippen MR) is 176 cm³/mol. The second-order valence-electron chi connectivity index (χ2n) is 12.8. The number of hydrogen-bond acceptors (Lipinski definition) is 10. The number of aryl methyl sites for hydroxylation is 1. The SMILES string of the molecule is COc1c(C)cc2c(c1O)C1C3Cc4c(OC(C)=O)c(C)c5c(c4[C@H](CNC(=O)/C=C/c4ccccc4)N3[C@@H](C#N)[C@H](C2)N1C)OCO5. The molecule has 4 aliphatic rings. The van der Waals surface area contributed by atoms with Crippen LogP contribution in [-0.4, -0.2) is 72.4 Å². The maximum Gasteiger partial charge on any atom is 0.308 e. The summed E-state index contributed by atoms with van der Waals surface area (Å²) in [5, 5.41) is 25.6. The fraction of sp³-hybridized carbons (Fsp3) is 0.378. The van der Waals surface area contributed by atoms with E-state index in [-0.39, 0.29) is 43.1 Å². The molecule has 2 bridgehead atoms. The molecule has 0 spiro atoms. The number of benzene rings is 3. The minimum atomic E-state index is -0.583. The first-order chi connectivity index (χ1) is 23.1. The lowest BCUT2D eigenvalue weighted by molar-refractivity contribution is -0.132. The van der Waals surface area contributed by atoms with Crippen LogP contribution in [0.3, 0.4) is 0 Å². The van der Waals surface area contributed by atoms with Gasteiger partial charge in [0.25, 0.3) is 0 Å². The Morgan fingerprint density at radius 2 is 1.85 bits per heavy atom. The number of phenols is 1.